The molecule has 1 spiro atoms. The normalized spacial score (nSPS) is 34.2. The number of nitrogens with zero attached hydrogens (tertiary/aromatic N) is 1. The Morgan fingerprint density at radius 2 is 1.68 bits per heavy atom. The van der Waals surface area contributed by atoms with Crippen molar-refractivity contribution in [1.29, 1.82) is 0 Å². The molecule has 0 aromatic rings. The molecule has 128 valence electrons. The summed E-state index contributed by atoms with van der Waals surface area (Å²) in [5.41, 5.74) is 0.176. The Morgan fingerprint density at radius 3 is 2.36 bits per heavy atom. The minimum Gasteiger partial charge on any atom is -0.370 e. The molecule has 4 heteroatoms. The highest BCUT2D eigenvalue weighted by molar-refractivity contribution is 5.92. The number of rotatable bonds is 1. The minimum absolute atomic E-state index is 0. The molecule has 3 rings (SSSR count). The van der Waals surface area contributed by atoms with E-state index >= 15 is 0 Å². The molecule has 22 heavy (non-hydrogen) atoms. The van der Waals surface area contributed by atoms with Gasteiger partial charge in [0, 0.05) is 12.6 Å². The lowest BCUT2D eigenvalue weighted by Crippen LogP contribution is -2.59. The van der Waals surface area contributed by atoms with Crippen molar-refractivity contribution in [3.63, 3.8) is 0 Å². The fourth-order valence-corrected chi connectivity index (χ4v) is 4.30. The average molecular weight is 328 g/mol. The van der Waals surface area contributed by atoms with E-state index in [0.29, 0.717) is 6.04 Å². The van der Waals surface area contributed by atoms with Crippen LogP contribution < -0.4 is 10.6 Å². The van der Waals surface area contributed by atoms with Crippen LogP contribution >= 0.6 is 12.4 Å². The zero-order valence-electron chi connectivity index (χ0n) is 14.2. The topological polar surface area (TPSA) is 36.4 Å². The third-order valence-electron chi connectivity index (χ3n) is 5.85. The standard InChI is InChI=1S/C18H33N3.ClH/c1-15-9-11-18(12-10-15)17(19-13-6-14-20-18)21-16-7-4-2-3-5-8-16;/h15-16,20H,2-14H2,1H3,(H,19,21);1H. The van der Waals surface area contributed by atoms with Gasteiger partial charge in [0.25, 0.3) is 0 Å². The Labute approximate surface area is 142 Å². The molecule has 0 aromatic carbocycles. The first-order valence-electron chi connectivity index (χ1n) is 9.35. The Morgan fingerprint density at radius 1 is 1.00 bits per heavy atom. The Balaban J connectivity index is 0.00000176. The molecule has 0 unspecified atom stereocenters. The Kier molecular flexibility index (Phi) is 7.01. The van der Waals surface area contributed by atoms with E-state index in [0.717, 1.165) is 19.0 Å². The summed E-state index contributed by atoms with van der Waals surface area (Å²) in [4.78, 5) is 4.99. The highest BCUT2D eigenvalue weighted by Gasteiger charge is 2.40. The van der Waals surface area contributed by atoms with Crippen molar-refractivity contribution in [2.45, 2.75) is 89.1 Å². The van der Waals surface area contributed by atoms with E-state index in [-0.39, 0.29) is 17.9 Å². The van der Waals surface area contributed by atoms with Crippen molar-refractivity contribution in [2.24, 2.45) is 10.9 Å². The molecular weight excluding hydrogens is 294 g/mol. The van der Waals surface area contributed by atoms with Crippen LogP contribution in [0.3, 0.4) is 0 Å². The van der Waals surface area contributed by atoms with Crippen LogP contribution in [0.25, 0.3) is 0 Å². The summed E-state index contributed by atoms with van der Waals surface area (Å²) in [6.07, 6.45) is 14.7. The lowest BCUT2D eigenvalue weighted by atomic mass is 9.76. The smallest absolute Gasteiger partial charge is 0.117 e. The maximum atomic E-state index is 4.99. The summed E-state index contributed by atoms with van der Waals surface area (Å²) in [7, 11) is 0. The van der Waals surface area contributed by atoms with Gasteiger partial charge in [-0.1, -0.05) is 32.6 Å². The van der Waals surface area contributed by atoms with Gasteiger partial charge in [0.2, 0.25) is 0 Å². The fourth-order valence-electron chi connectivity index (χ4n) is 4.30. The number of amidine groups is 1. The lowest BCUT2D eigenvalue weighted by molar-refractivity contribution is 0.257. The maximum absolute atomic E-state index is 4.99. The minimum atomic E-state index is 0. The fraction of sp³-hybridized carbons (Fsp3) is 0.944. The molecular formula is C18H34ClN3. The van der Waals surface area contributed by atoms with Gasteiger partial charge in [-0.25, -0.2) is 0 Å². The molecule has 3 nitrogen and oxygen atoms in total. The summed E-state index contributed by atoms with van der Waals surface area (Å²) in [6.45, 7) is 4.53. The zero-order valence-corrected chi connectivity index (χ0v) is 15.0. The van der Waals surface area contributed by atoms with Crippen LogP contribution in [-0.4, -0.2) is 30.5 Å². The van der Waals surface area contributed by atoms with Crippen LogP contribution in [0.1, 0.15) is 77.6 Å². The highest BCUT2D eigenvalue weighted by Crippen LogP contribution is 2.34. The summed E-state index contributed by atoms with van der Waals surface area (Å²) in [5.74, 6) is 2.21. The van der Waals surface area contributed by atoms with E-state index in [2.05, 4.69) is 17.6 Å². The third-order valence-corrected chi connectivity index (χ3v) is 5.85. The predicted molar refractivity (Wildman–Crippen MR) is 97.2 cm³/mol. The molecule has 0 amide bonds. The summed E-state index contributed by atoms with van der Waals surface area (Å²) >= 11 is 0. The van der Waals surface area contributed by atoms with Gasteiger partial charge in [0.1, 0.15) is 5.84 Å². The van der Waals surface area contributed by atoms with Crippen molar-refractivity contribution in [1.82, 2.24) is 10.6 Å². The number of nitrogens with one attached hydrogen (secondary N) is 2. The van der Waals surface area contributed by atoms with Gasteiger partial charge < -0.3 is 10.6 Å². The van der Waals surface area contributed by atoms with E-state index in [4.69, 9.17) is 4.99 Å². The molecule has 2 aliphatic carbocycles. The van der Waals surface area contributed by atoms with Crippen molar-refractivity contribution in [3.05, 3.63) is 0 Å². The lowest BCUT2D eigenvalue weighted by Gasteiger charge is -2.41. The van der Waals surface area contributed by atoms with Crippen LogP contribution in [0.2, 0.25) is 0 Å². The van der Waals surface area contributed by atoms with Gasteiger partial charge in [-0.3, -0.25) is 4.99 Å². The Bertz CT molecular complexity index is 353. The molecule has 2 N–H and O–H groups in total. The highest BCUT2D eigenvalue weighted by atomic mass is 35.5. The first-order valence-corrected chi connectivity index (χ1v) is 9.35. The molecule has 2 saturated carbocycles. The molecule has 2 fully saturated rings. The predicted octanol–water partition coefficient (Wildman–Crippen LogP) is 4.06. The second-order valence-electron chi connectivity index (χ2n) is 7.61. The molecule has 0 aromatic heterocycles. The molecule has 1 heterocycles. The van der Waals surface area contributed by atoms with Gasteiger partial charge in [-0.05, 0) is 57.4 Å². The third kappa shape index (κ3) is 4.38. The Hall–Kier alpha value is -0.280. The van der Waals surface area contributed by atoms with Crippen molar-refractivity contribution >= 4 is 18.2 Å². The average Bonchev–Trinajstić information content (AvgIpc) is 2.85. The molecule has 0 atom stereocenters. The summed E-state index contributed by atoms with van der Waals surface area (Å²) in [6, 6.07) is 0.669. The first-order chi connectivity index (χ1) is 10.3. The molecule has 1 aliphatic heterocycles. The van der Waals surface area contributed by atoms with Crippen LogP contribution in [0.4, 0.5) is 0 Å². The number of aliphatic imine (C=N–C) groups is 1. The molecule has 0 radical (unpaired) electrons. The maximum Gasteiger partial charge on any atom is 0.117 e. The van der Waals surface area contributed by atoms with Crippen LogP contribution in [0.15, 0.2) is 4.99 Å². The molecule has 3 aliphatic rings. The van der Waals surface area contributed by atoms with Crippen molar-refractivity contribution in [2.75, 3.05) is 13.1 Å². The second kappa shape index (κ2) is 8.54. The van der Waals surface area contributed by atoms with Crippen molar-refractivity contribution in [3.8, 4) is 0 Å². The first kappa shape index (κ1) is 18.1. The van der Waals surface area contributed by atoms with Gasteiger partial charge >= 0.3 is 0 Å². The number of halogens is 1. The van der Waals surface area contributed by atoms with Gasteiger partial charge in [-0.15, -0.1) is 12.4 Å². The quantitative estimate of drug-likeness (QED) is 0.712. The summed E-state index contributed by atoms with van der Waals surface area (Å²) in [5, 5.41) is 7.78. The van der Waals surface area contributed by atoms with Crippen LogP contribution in [0.5, 0.6) is 0 Å². The number of hydrogen-bond acceptors (Lipinski definition) is 3. The van der Waals surface area contributed by atoms with E-state index in [1.807, 2.05) is 0 Å². The monoisotopic (exact) mass is 327 g/mol. The van der Waals surface area contributed by atoms with E-state index in [1.54, 1.807) is 0 Å². The van der Waals surface area contributed by atoms with Crippen LogP contribution in [-0.2, 0) is 0 Å². The number of hydrogen-bond donors (Lipinski definition) is 2. The van der Waals surface area contributed by atoms with Gasteiger partial charge in [-0.2, -0.15) is 0 Å². The van der Waals surface area contributed by atoms with E-state index in [9.17, 15) is 0 Å². The van der Waals surface area contributed by atoms with Gasteiger partial charge in [0.15, 0.2) is 0 Å². The van der Waals surface area contributed by atoms with E-state index < -0.39 is 0 Å². The largest absolute Gasteiger partial charge is 0.370 e. The second-order valence-corrected chi connectivity index (χ2v) is 7.61. The van der Waals surface area contributed by atoms with Gasteiger partial charge in [0.05, 0.1) is 5.54 Å². The summed E-state index contributed by atoms with van der Waals surface area (Å²) < 4.78 is 0. The van der Waals surface area contributed by atoms with E-state index in [1.165, 1.54) is 76.5 Å². The van der Waals surface area contributed by atoms with Crippen LogP contribution in [0, 0.1) is 5.92 Å². The van der Waals surface area contributed by atoms with Crippen molar-refractivity contribution < 1.29 is 0 Å². The molecule has 0 saturated heterocycles. The SMILES string of the molecule is CC1CCC2(CC1)NCCCN=C2NC1CCCCCC1.Cl. The zero-order chi connectivity index (χ0) is 14.5. The molecule has 0 bridgehead atoms.